The van der Waals surface area contributed by atoms with Crippen LogP contribution in [0.1, 0.15) is 25.3 Å². The van der Waals surface area contributed by atoms with Gasteiger partial charge in [-0.2, -0.15) is 0 Å². The fraction of sp³-hybridized carbons (Fsp3) is 0.500. The molecule has 0 aliphatic rings. The van der Waals surface area contributed by atoms with Gasteiger partial charge in [0.25, 0.3) is 0 Å². The van der Waals surface area contributed by atoms with E-state index in [1.807, 2.05) is 25.3 Å². The number of aromatic nitrogens is 1. The minimum Gasteiger partial charge on any atom is -0.469 e. The van der Waals surface area contributed by atoms with Crippen molar-refractivity contribution >= 4 is 5.97 Å². The molecule has 1 rings (SSSR count). The summed E-state index contributed by atoms with van der Waals surface area (Å²) in [7, 11) is 1.41. The Morgan fingerprint density at radius 3 is 3.00 bits per heavy atom. The smallest absolute Gasteiger partial charge is 0.307 e. The Morgan fingerprint density at radius 1 is 1.62 bits per heavy atom. The Bertz CT molecular complexity index is 314. The molecule has 0 spiro atoms. The first kappa shape index (κ1) is 12.6. The van der Waals surface area contributed by atoms with Gasteiger partial charge < -0.3 is 10.1 Å². The maximum Gasteiger partial charge on any atom is 0.307 e. The van der Waals surface area contributed by atoms with Crippen molar-refractivity contribution in [3.05, 3.63) is 30.1 Å². The van der Waals surface area contributed by atoms with Crippen molar-refractivity contribution in [3.8, 4) is 0 Å². The van der Waals surface area contributed by atoms with Crippen molar-refractivity contribution in [2.45, 2.75) is 32.4 Å². The first-order valence-electron chi connectivity index (χ1n) is 5.45. The number of carbonyl (C=O) groups excluding carboxylic acids is 1. The van der Waals surface area contributed by atoms with Crippen LogP contribution in [0.3, 0.4) is 0 Å². The minimum absolute atomic E-state index is 0.160. The van der Waals surface area contributed by atoms with Crippen LogP contribution in [0.4, 0.5) is 0 Å². The fourth-order valence-corrected chi connectivity index (χ4v) is 1.41. The van der Waals surface area contributed by atoms with Gasteiger partial charge in [0.1, 0.15) is 0 Å². The van der Waals surface area contributed by atoms with E-state index in [-0.39, 0.29) is 12.0 Å². The van der Waals surface area contributed by atoms with E-state index < -0.39 is 0 Å². The highest BCUT2D eigenvalue weighted by Gasteiger charge is 2.11. The monoisotopic (exact) mass is 222 g/mol. The Kier molecular flexibility index (Phi) is 5.50. The molecule has 1 aromatic rings. The molecule has 1 atom stereocenters. The molecule has 0 radical (unpaired) electrons. The summed E-state index contributed by atoms with van der Waals surface area (Å²) in [4.78, 5) is 15.2. The molecule has 0 aliphatic heterocycles. The third kappa shape index (κ3) is 4.40. The Morgan fingerprint density at radius 2 is 2.44 bits per heavy atom. The largest absolute Gasteiger partial charge is 0.469 e. The molecule has 16 heavy (non-hydrogen) atoms. The summed E-state index contributed by atoms with van der Waals surface area (Å²) < 4.78 is 4.64. The van der Waals surface area contributed by atoms with Gasteiger partial charge in [-0.1, -0.05) is 13.0 Å². The standard InChI is InChI=1S/C12H18N2O2/c1-3-11(7-12(15)16-2)14-9-10-5-4-6-13-8-10/h4-6,8,11,14H,3,7,9H2,1-2H3. The lowest BCUT2D eigenvalue weighted by atomic mass is 10.1. The first-order chi connectivity index (χ1) is 7.76. The van der Waals surface area contributed by atoms with Gasteiger partial charge in [-0.25, -0.2) is 0 Å². The molecule has 1 N–H and O–H groups in total. The van der Waals surface area contributed by atoms with E-state index in [9.17, 15) is 4.79 Å². The predicted octanol–water partition coefficient (Wildman–Crippen LogP) is 1.51. The highest BCUT2D eigenvalue weighted by molar-refractivity contribution is 5.69. The summed E-state index contributed by atoms with van der Waals surface area (Å²) in [5, 5.41) is 3.31. The van der Waals surface area contributed by atoms with Gasteiger partial charge in [-0.15, -0.1) is 0 Å². The maximum atomic E-state index is 11.1. The summed E-state index contributed by atoms with van der Waals surface area (Å²) >= 11 is 0. The van der Waals surface area contributed by atoms with E-state index >= 15 is 0 Å². The lowest BCUT2D eigenvalue weighted by Gasteiger charge is -2.15. The van der Waals surface area contributed by atoms with E-state index in [2.05, 4.69) is 15.0 Å². The lowest BCUT2D eigenvalue weighted by molar-refractivity contribution is -0.141. The van der Waals surface area contributed by atoms with Crippen LogP contribution in [0, 0.1) is 0 Å². The zero-order valence-electron chi connectivity index (χ0n) is 9.77. The molecule has 1 unspecified atom stereocenters. The number of nitrogens with zero attached hydrogens (tertiary/aromatic N) is 1. The molecule has 4 nitrogen and oxygen atoms in total. The predicted molar refractivity (Wildman–Crippen MR) is 61.8 cm³/mol. The van der Waals surface area contributed by atoms with Crippen LogP contribution in [0.15, 0.2) is 24.5 Å². The van der Waals surface area contributed by atoms with Crippen LogP contribution in [-0.4, -0.2) is 24.1 Å². The third-order valence-electron chi connectivity index (χ3n) is 2.45. The minimum atomic E-state index is -0.175. The molecule has 0 saturated heterocycles. The molecule has 0 bridgehead atoms. The fourth-order valence-electron chi connectivity index (χ4n) is 1.41. The topological polar surface area (TPSA) is 51.2 Å². The Hall–Kier alpha value is -1.42. The third-order valence-corrected chi connectivity index (χ3v) is 2.45. The molecule has 1 heterocycles. The zero-order valence-corrected chi connectivity index (χ0v) is 9.77. The summed E-state index contributed by atoms with van der Waals surface area (Å²) in [6, 6.07) is 4.07. The molecule has 1 aromatic heterocycles. The van der Waals surface area contributed by atoms with Crippen LogP contribution in [-0.2, 0) is 16.1 Å². The summed E-state index contributed by atoms with van der Waals surface area (Å²) in [5.74, 6) is -0.175. The van der Waals surface area contributed by atoms with Gasteiger partial charge >= 0.3 is 5.97 Å². The molecule has 0 amide bonds. The molecule has 0 saturated carbocycles. The van der Waals surface area contributed by atoms with Gasteiger partial charge in [-0.05, 0) is 18.1 Å². The van der Waals surface area contributed by atoms with E-state index in [0.717, 1.165) is 18.5 Å². The van der Waals surface area contributed by atoms with Crippen molar-refractivity contribution in [1.82, 2.24) is 10.3 Å². The first-order valence-corrected chi connectivity index (χ1v) is 5.45. The Balaban J connectivity index is 2.37. The van der Waals surface area contributed by atoms with Crippen LogP contribution in [0.25, 0.3) is 0 Å². The number of nitrogens with one attached hydrogen (secondary N) is 1. The molecular formula is C12H18N2O2. The molecule has 4 heteroatoms. The van der Waals surface area contributed by atoms with Gasteiger partial charge in [0, 0.05) is 25.0 Å². The average Bonchev–Trinajstić information content (AvgIpc) is 2.35. The molecule has 0 aliphatic carbocycles. The van der Waals surface area contributed by atoms with Crippen LogP contribution in [0.2, 0.25) is 0 Å². The van der Waals surface area contributed by atoms with Crippen LogP contribution >= 0.6 is 0 Å². The SMILES string of the molecule is CCC(CC(=O)OC)NCc1cccnc1. The number of pyridine rings is 1. The van der Waals surface area contributed by atoms with E-state index in [0.29, 0.717) is 6.42 Å². The highest BCUT2D eigenvalue weighted by atomic mass is 16.5. The zero-order chi connectivity index (χ0) is 11.8. The number of esters is 1. The van der Waals surface area contributed by atoms with Crippen molar-refractivity contribution in [3.63, 3.8) is 0 Å². The molecule has 88 valence electrons. The second-order valence-electron chi connectivity index (χ2n) is 3.63. The molecule has 0 aromatic carbocycles. The number of hydrogen-bond acceptors (Lipinski definition) is 4. The summed E-state index contributed by atoms with van der Waals surface area (Å²) in [6.45, 7) is 2.77. The van der Waals surface area contributed by atoms with E-state index in [1.165, 1.54) is 7.11 Å². The Labute approximate surface area is 96.0 Å². The number of methoxy groups -OCH3 is 1. The second kappa shape index (κ2) is 6.95. The van der Waals surface area contributed by atoms with E-state index in [4.69, 9.17) is 0 Å². The number of rotatable bonds is 6. The van der Waals surface area contributed by atoms with Gasteiger partial charge in [0.2, 0.25) is 0 Å². The van der Waals surface area contributed by atoms with Gasteiger partial charge in [0.15, 0.2) is 0 Å². The average molecular weight is 222 g/mol. The normalized spacial score (nSPS) is 12.1. The molecule has 0 fully saturated rings. The second-order valence-corrected chi connectivity index (χ2v) is 3.63. The van der Waals surface area contributed by atoms with Crippen molar-refractivity contribution in [1.29, 1.82) is 0 Å². The van der Waals surface area contributed by atoms with Gasteiger partial charge in [0.05, 0.1) is 13.5 Å². The summed E-state index contributed by atoms with van der Waals surface area (Å²) in [5.41, 5.74) is 1.12. The van der Waals surface area contributed by atoms with Crippen molar-refractivity contribution in [2.24, 2.45) is 0 Å². The lowest BCUT2D eigenvalue weighted by Crippen LogP contribution is -2.30. The highest BCUT2D eigenvalue weighted by Crippen LogP contribution is 2.02. The number of carbonyl (C=O) groups is 1. The van der Waals surface area contributed by atoms with Crippen molar-refractivity contribution < 1.29 is 9.53 Å². The molecular weight excluding hydrogens is 204 g/mol. The summed E-state index contributed by atoms with van der Waals surface area (Å²) in [6.07, 6.45) is 4.87. The van der Waals surface area contributed by atoms with E-state index in [1.54, 1.807) is 6.20 Å². The van der Waals surface area contributed by atoms with Crippen LogP contribution < -0.4 is 5.32 Å². The number of ether oxygens (including phenoxy) is 1. The number of hydrogen-bond donors (Lipinski definition) is 1. The quantitative estimate of drug-likeness (QED) is 0.741. The maximum absolute atomic E-state index is 11.1. The van der Waals surface area contributed by atoms with Gasteiger partial charge in [-0.3, -0.25) is 9.78 Å². The van der Waals surface area contributed by atoms with Crippen molar-refractivity contribution in [2.75, 3.05) is 7.11 Å². The van der Waals surface area contributed by atoms with Crippen LogP contribution in [0.5, 0.6) is 0 Å².